The van der Waals surface area contributed by atoms with Crippen LogP contribution in [0.2, 0.25) is 10.0 Å². The number of nitrogens with zero attached hydrogens (tertiary/aromatic N) is 3. The summed E-state index contributed by atoms with van der Waals surface area (Å²) in [4.78, 5) is 15.5. The van der Waals surface area contributed by atoms with Crippen LogP contribution in [0.15, 0.2) is 66.7 Å². The third kappa shape index (κ3) is 5.57. The van der Waals surface area contributed by atoms with Gasteiger partial charge in [0, 0.05) is 24.1 Å². The van der Waals surface area contributed by atoms with E-state index in [9.17, 15) is 9.18 Å². The van der Waals surface area contributed by atoms with Crippen molar-refractivity contribution in [3.63, 3.8) is 0 Å². The Morgan fingerprint density at radius 3 is 2.58 bits per heavy atom. The molecular formula is C27H22Cl3FN4O3. The zero-order valence-corrected chi connectivity index (χ0v) is 22.4. The van der Waals surface area contributed by atoms with Gasteiger partial charge in [-0.1, -0.05) is 41.4 Å². The minimum absolute atomic E-state index is 0.0120. The molecule has 7 nitrogen and oxygen atoms in total. The van der Waals surface area contributed by atoms with Gasteiger partial charge in [0.05, 0.1) is 29.4 Å². The summed E-state index contributed by atoms with van der Waals surface area (Å²) in [6.45, 7) is 0.343. The molecule has 1 aliphatic carbocycles. The van der Waals surface area contributed by atoms with Gasteiger partial charge in [0.25, 0.3) is 0 Å². The first-order valence-electron chi connectivity index (χ1n) is 11.7. The number of carbonyl (C=O) groups excluding carboxylic acids is 1. The van der Waals surface area contributed by atoms with Crippen LogP contribution in [0, 0.1) is 0 Å². The number of alkyl halides is 2. The molecule has 0 radical (unpaired) electrons. The number of halogens is 4. The molecule has 0 spiro atoms. The number of carbonyl (C=O) groups is 1. The lowest BCUT2D eigenvalue weighted by atomic mass is 10.1. The summed E-state index contributed by atoms with van der Waals surface area (Å²) >= 11 is 18.4. The SMILES string of the molecule is COc1ccc(CCOc2nc(-c3ccc(Cl)c(Cl)c3)n(-c3cccc(NC(=O)[C@]4(Cl)C[C@H]4F)c3)n2)cc1. The van der Waals surface area contributed by atoms with Crippen molar-refractivity contribution in [3.05, 3.63) is 82.3 Å². The maximum Gasteiger partial charge on any atom is 0.336 e. The standard InChI is InChI=1S/C27H22Cl3FN4O3/c1-37-20-8-5-16(6-9-20)11-12-38-26-33-24(17-7-10-21(28)22(29)13-17)35(34-26)19-4-2-3-18(14-19)32-25(36)27(30)15-23(27)31/h2-10,13-14,23H,11-12,15H2,1H3,(H,32,36)/t23-,27+/m1/s1. The summed E-state index contributed by atoms with van der Waals surface area (Å²) in [6, 6.07) is 19.9. The van der Waals surface area contributed by atoms with Crippen molar-refractivity contribution in [2.24, 2.45) is 0 Å². The van der Waals surface area contributed by atoms with Crippen LogP contribution in [0.25, 0.3) is 17.1 Å². The maximum absolute atomic E-state index is 13.6. The van der Waals surface area contributed by atoms with E-state index in [1.807, 2.05) is 24.3 Å². The smallest absolute Gasteiger partial charge is 0.336 e. The molecule has 2 atom stereocenters. The Labute approximate surface area is 233 Å². The lowest BCUT2D eigenvalue weighted by Gasteiger charge is -2.11. The summed E-state index contributed by atoms with van der Waals surface area (Å²) in [5, 5.41) is 7.99. The molecule has 1 N–H and O–H groups in total. The highest BCUT2D eigenvalue weighted by Gasteiger charge is 2.60. The molecule has 0 bridgehead atoms. The number of nitrogens with one attached hydrogen (secondary N) is 1. The fourth-order valence-corrected chi connectivity index (χ4v) is 4.28. The second kappa shape index (κ2) is 10.8. The highest BCUT2D eigenvalue weighted by atomic mass is 35.5. The monoisotopic (exact) mass is 574 g/mol. The Hall–Kier alpha value is -3.33. The number of hydrogen-bond donors (Lipinski definition) is 1. The van der Waals surface area contributed by atoms with Crippen LogP contribution in [0.5, 0.6) is 11.8 Å². The van der Waals surface area contributed by atoms with Crippen LogP contribution in [-0.4, -0.2) is 45.4 Å². The molecular weight excluding hydrogens is 554 g/mol. The largest absolute Gasteiger partial charge is 0.497 e. The zero-order chi connectivity index (χ0) is 26.9. The number of methoxy groups -OCH3 is 1. The summed E-state index contributed by atoms with van der Waals surface area (Å²) in [5.41, 5.74) is 2.74. The highest BCUT2D eigenvalue weighted by Crippen LogP contribution is 2.46. The molecule has 0 aliphatic heterocycles. The summed E-state index contributed by atoms with van der Waals surface area (Å²) in [7, 11) is 1.62. The van der Waals surface area contributed by atoms with E-state index in [0.717, 1.165) is 11.3 Å². The van der Waals surface area contributed by atoms with Gasteiger partial charge in [-0.15, -0.1) is 16.7 Å². The van der Waals surface area contributed by atoms with E-state index in [2.05, 4.69) is 15.4 Å². The van der Waals surface area contributed by atoms with E-state index in [1.165, 1.54) is 0 Å². The first-order valence-corrected chi connectivity index (χ1v) is 12.8. The van der Waals surface area contributed by atoms with Gasteiger partial charge in [-0.2, -0.15) is 4.98 Å². The zero-order valence-electron chi connectivity index (χ0n) is 20.1. The molecule has 11 heteroatoms. The molecule has 1 heterocycles. The number of amides is 1. The second-order valence-corrected chi connectivity index (χ2v) is 10.2. The Kier molecular flexibility index (Phi) is 7.47. The van der Waals surface area contributed by atoms with Gasteiger partial charge in [0.2, 0.25) is 5.91 Å². The molecule has 196 valence electrons. The van der Waals surface area contributed by atoms with Gasteiger partial charge >= 0.3 is 6.01 Å². The quantitative estimate of drug-likeness (QED) is 0.230. The van der Waals surface area contributed by atoms with Crippen molar-refractivity contribution in [1.82, 2.24) is 14.8 Å². The molecule has 1 fully saturated rings. The number of rotatable bonds is 9. The molecule has 0 unspecified atom stereocenters. The number of anilines is 1. The molecule has 38 heavy (non-hydrogen) atoms. The molecule has 1 amide bonds. The van der Waals surface area contributed by atoms with E-state index >= 15 is 0 Å². The normalized spacial score (nSPS) is 18.2. The molecule has 1 aliphatic rings. The van der Waals surface area contributed by atoms with Gasteiger partial charge in [-0.3, -0.25) is 4.79 Å². The van der Waals surface area contributed by atoms with Gasteiger partial charge in [0.15, 0.2) is 10.7 Å². The predicted molar refractivity (Wildman–Crippen MR) is 146 cm³/mol. The maximum atomic E-state index is 13.6. The van der Waals surface area contributed by atoms with E-state index in [0.29, 0.717) is 45.8 Å². The van der Waals surface area contributed by atoms with Gasteiger partial charge < -0.3 is 14.8 Å². The van der Waals surface area contributed by atoms with E-state index in [4.69, 9.17) is 44.3 Å². The summed E-state index contributed by atoms with van der Waals surface area (Å²) in [5.74, 6) is 0.642. The summed E-state index contributed by atoms with van der Waals surface area (Å²) < 4.78 is 26.2. The van der Waals surface area contributed by atoms with E-state index < -0.39 is 17.0 Å². The second-order valence-electron chi connectivity index (χ2n) is 8.74. The average molecular weight is 576 g/mol. The van der Waals surface area contributed by atoms with Crippen molar-refractivity contribution < 1.29 is 18.7 Å². The third-order valence-corrected chi connectivity index (χ3v) is 7.39. The number of aromatic nitrogens is 3. The van der Waals surface area contributed by atoms with Crippen molar-refractivity contribution in [2.75, 3.05) is 19.0 Å². The molecule has 0 saturated heterocycles. The first-order chi connectivity index (χ1) is 18.3. The topological polar surface area (TPSA) is 78.3 Å². The van der Waals surface area contributed by atoms with Crippen LogP contribution < -0.4 is 14.8 Å². The minimum Gasteiger partial charge on any atom is -0.497 e. The Morgan fingerprint density at radius 2 is 1.89 bits per heavy atom. The van der Waals surface area contributed by atoms with Crippen molar-refractivity contribution in [2.45, 2.75) is 23.9 Å². The third-order valence-electron chi connectivity index (χ3n) is 6.09. The molecule has 3 aromatic carbocycles. The first kappa shape index (κ1) is 26.3. The van der Waals surface area contributed by atoms with Gasteiger partial charge in [-0.25, -0.2) is 9.07 Å². The Balaban J connectivity index is 1.41. The molecule has 4 aromatic rings. The number of hydrogen-bond acceptors (Lipinski definition) is 5. The fraction of sp³-hybridized carbons (Fsp3) is 0.222. The van der Waals surface area contributed by atoms with E-state index in [1.54, 1.807) is 54.3 Å². The Morgan fingerprint density at radius 1 is 1.13 bits per heavy atom. The molecule has 1 saturated carbocycles. The van der Waals surface area contributed by atoms with Crippen molar-refractivity contribution in [3.8, 4) is 28.8 Å². The lowest BCUT2D eigenvalue weighted by Crippen LogP contribution is -2.27. The Bertz CT molecular complexity index is 1480. The van der Waals surface area contributed by atoms with Crippen molar-refractivity contribution in [1.29, 1.82) is 0 Å². The lowest BCUT2D eigenvalue weighted by molar-refractivity contribution is -0.116. The van der Waals surface area contributed by atoms with Crippen LogP contribution in [0.3, 0.4) is 0 Å². The summed E-state index contributed by atoms with van der Waals surface area (Å²) in [6.07, 6.45) is -0.735. The molecule has 5 rings (SSSR count). The number of ether oxygens (including phenoxy) is 2. The van der Waals surface area contributed by atoms with Crippen LogP contribution in [0.1, 0.15) is 12.0 Å². The predicted octanol–water partition coefficient (Wildman–Crippen LogP) is 6.53. The van der Waals surface area contributed by atoms with Crippen LogP contribution in [-0.2, 0) is 11.2 Å². The highest BCUT2D eigenvalue weighted by molar-refractivity contribution is 6.42. The van der Waals surface area contributed by atoms with Gasteiger partial charge in [-0.05, 0) is 54.1 Å². The van der Waals surface area contributed by atoms with Gasteiger partial charge in [0.1, 0.15) is 11.9 Å². The van der Waals surface area contributed by atoms with Crippen LogP contribution >= 0.6 is 34.8 Å². The van der Waals surface area contributed by atoms with Crippen molar-refractivity contribution >= 4 is 46.4 Å². The molecule has 1 aromatic heterocycles. The fourth-order valence-electron chi connectivity index (χ4n) is 3.80. The minimum atomic E-state index is -1.51. The average Bonchev–Trinajstić information content (AvgIpc) is 3.33. The number of benzene rings is 3. The van der Waals surface area contributed by atoms with Crippen LogP contribution in [0.4, 0.5) is 10.1 Å². The van der Waals surface area contributed by atoms with E-state index in [-0.39, 0.29) is 12.4 Å².